The Kier molecular flexibility index (Phi) is 4.17. The fourth-order valence-corrected chi connectivity index (χ4v) is 1.88. The third-order valence-corrected chi connectivity index (χ3v) is 3.25. The van der Waals surface area contributed by atoms with Gasteiger partial charge in [-0.25, -0.2) is 8.78 Å². The summed E-state index contributed by atoms with van der Waals surface area (Å²) in [4.78, 5) is 0. The predicted octanol–water partition coefficient (Wildman–Crippen LogP) is 4.54. The maximum absolute atomic E-state index is 13.8. The molecule has 100 valence electrons. The number of nitrogens with two attached hydrogens (primary N) is 1. The van der Waals surface area contributed by atoms with Crippen LogP contribution in [0.3, 0.4) is 0 Å². The van der Waals surface area contributed by atoms with Crippen molar-refractivity contribution in [2.24, 2.45) is 5.73 Å². The molecular weight excluding hydrogens is 316 g/mol. The number of rotatable bonds is 3. The minimum atomic E-state index is -0.536. The van der Waals surface area contributed by atoms with Gasteiger partial charge < -0.3 is 10.5 Å². The van der Waals surface area contributed by atoms with Gasteiger partial charge in [0.15, 0.2) is 11.6 Å². The molecule has 2 aromatic rings. The lowest BCUT2D eigenvalue weighted by atomic mass is 10.1. The number of halogens is 3. The number of hydrogen-bond donors (Lipinski definition) is 1. The van der Waals surface area contributed by atoms with Gasteiger partial charge in [-0.1, -0.05) is 6.07 Å². The van der Waals surface area contributed by atoms with E-state index in [-0.39, 0.29) is 17.5 Å². The number of hydrogen-bond acceptors (Lipinski definition) is 2. The summed E-state index contributed by atoms with van der Waals surface area (Å²) in [6, 6.07) is 8.17. The van der Waals surface area contributed by atoms with E-state index in [0.717, 1.165) is 0 Å². The molecule has 0 aromatic heterocycles. The fourth-order valence-electron chi connectivity index (χ4n) is 1.56. The van der Waals surface area contributed by atoms with E-state index in [9.17, 15) is 8.78 Å². The van der Waals surface area contributed by atoms with Gasteiger partial charge in [-0.05, 0) is 52.7 Å². The van der Waals surface area contributed by atoms with Crippen LogP contribution in [0.25, 0.3) is 0 Å². The van der Waals surface area contributed by atoms with E-state index in [2.05, 4.69) is 15.9 Å². The summed E-state index contributed by atoms with van der Waals surface area (Å²) < 4.78 is 32.8. The van der Waals surface area contributed by atoms with Crippen LogP contribution in [-0.2, 0) is 0 Å². The van der Waals surface area contributed by atoms with Crippen molar-refractivity contribution in [2.75, 3.05) is 0 Å². The highest BCUT2D eigenvalue weighted by molar-refractivity contribution is 9.10. The first-order valence-electron chi connectivity index (χ1n) is 5.65. The van der Waals surface area contributed by atoms with E-state index >= 15 is 0 Å². The Hall–Kier alpha value is -1.46. The van der Waals surface area contributed by atoms with Gasteiger partial charge in [-0.3, -0.25) is 0 Å². The largest absolute Gasteiger partial charge is 0.453 e. The minimum absolute atomic E-state index is 0.0238. The molecule has 2 nitrogen and oxygen atoms in total. The van der Waals surface area contributed by atoms with E-state index < -0.39 is 11.6 Å². The van der Waals surface area contributed by atoms with E-state index in [4.69, 9.17) is 10.5 Å². The van der Waals surface area contributed by atoms with Crippen molar-refractivity contribution >= 4 is 15.9 Å². The molecule has 2 N–H and O–H groups in total. The van der Waals surface area contributed by atoms with Crippen LogP contribution < -0.4 is 10.5 Å². The van der Waals surface area contributed by atoms with Gasteiger partial charge in [0, 0.05) is 12.1 Å². The lowest BCUT2D eigenvalue weighted by Gasteiger charge is -2.11. The van der Waals surface area contributed by atoms with Crippen LogP contribution in [0.2, 0.25) is 0 Å². The van der Waals surface area contributed by atoms with Crippen LogP contribution in [0.15, 0.2) is 40.9 Å². The van der Waals surface area contributed by atoms with Gasteiger partial charge in [-0.15, -0.1) is 0 Å². The van der Waals surface area contributed by atoms with Crippen LogP contribution in [-0.4, -0.2) is 0 Å². The molecule has 5 heteroatoms. The summed E-state index contributed by atoms with van der Waals surface area (Å²) in [5.74, 6) is -0.750. The van der Waals surface area contributed by atoms with Gasteiger partial charge in [-0.2, -0.15) is 0 Å². The first-order valence-corrected chi connectivity index (χ1v) is 6.44. The third kappa shape index (κ3) is 3.30. The van der Waals surface area contributed by atoms with Gasteiger partial charge in [0.05, 0.1) is 4.47 Å². The Bertz CT molecular complexity index is 602. The Morgan fingerprint density at radius 1 is 1.11 bits per heavy atom. The van der Waals surface area contributed by atoms with Gasteiger partial charge in [0.1, 0.15) is 11.6 Å². The zero-order chi connectivity index (χ0) is 14.0. The molecule has 0 heterocycles. The molecular formula is C14H12BrF2NO. The van der Waals surface area contributed by atoms with Crippen molar-refractivity contribution in [3.05, 3.63) is 58.1 Å². The summed E-state index contributed by atoms with van der Waals surface area (Å²) >= 11 is 3.22. The average molecular weight is 328 g/mol. The molecule has 1 unspecified atom stereocenters. The fraction of sp³-hybridized carbons (Fsp3) is 0.143. The normalized spacial score (nSPS) is 12.3. The standard InChI is InChI=1S/C14H12BrF2NO/c1-8(18)9-2-5-13(12(17)6-9)19-14-7-10(16)3-4-11(14)15/h2-8H,18H2,1H3. The first kappa shape index (κ1) is 14.0. The molecule has 0 amide bonds. The lowest BCUT2D eigenvalue weighted by molar-refractivity contribution is 0.435. The van der Waals surface area contributed by atoms with Crippen LogP contribution in [0.5, 0.6) is 11.5 Å². The topological polar surface area (TPSA) is 35.2 Å². The highest BCUT2D eigenvalue weighted by atomic mass is 79.9. The zero-order valence-corrected chi connectivity index (χ0v) is 11.7. The molecule has 0 bridgehead atoms. The van der Waals surface area contributed by atoms with E-state index in [1.54, 1.807) is 13.0 Å². The van der Waals surface area contributed by atoms with Gasteiger partial charge >= 0.3 is 0 Å². The average Bonchev–Trinajstić information content (AvgIpc) is 2.36. The molecule has 0 aliphatic heterocycles. The second-order valence-corrected chi connectivity index (χ2v) is 5.01. The maximum atomic E-state index is 13.8. The summed E-state index contributed by atoms with van der Waals surface area (Å²) in [6.45, 7) is 1.76. The highest BCUT2D eigenvalue weighted by Crippen LogP contribution is 2.32. The molecule has 0 spiro atoms. The van der Waals surface area contributed by atoms with E-state index in [0.29, 0.717) is 10.0 Å². The molecule has 0 radical (unpaired) electrons. The van der Waals surface area contributed by atoms with Crippen molar-refractivity contribution < 1.29 is 13.5 Å². The Balaban J connectivity index is 2.31. The monoisotopic (exact) mass is 327 g/mol. The maximum Gasteiger partial charge on any atom is 0.166 e. The minimum Gasteiger partial charge on any atom is -0.453 e. The first-order chi connectivity index (χ1) is 8.97. The Morgan fingerprint density at radius 3 is 2.47 bits per heavy atom. The van der Waals surface area contributed by atoms with Crippen molar-refractivity contribution in [1.82, 2.24) is 0 Å². The predicted molar refractivity (Wildman–Crippen MR) is 73.2 cm³/mol. The lowest BCUT2D eigenvalue weighted by Crippen LogP contribution is -2.05. The molecule has 0 fully saturated rings. The molecule has 2 rings (SSSR count). The molecule has 0 saturated heterocycles. The van der Waals surface area contributed by atoms with Crippen molar-refractivity contribution in [2.45, 2.75) is 13.0 Å². The zero-order valence-electron chi connectivity index (χ0n) is 10.2. The number of ether oxygens (including phenoxy) is 1. The van der Waals surface area contributed by atoms with E-state index in [1.165, 1.54) is 30.3 Å². The van der Waals surface area contributed by atoms with Crippen molar-refractivity contribution in [3.8, 4) is 11.5 Å². The summed E-state index contributed by atoms with van der Waals surface area (Å²) in [5.41, 5.74) is 6.33. The Morgan fingerprint density at radius 2 is 1.84 bits per heavy atom. The molecule has 19 heavy (non-hydrogen) atoms. The molecule has 1 atom stereocenters. The second-order valence-electron chi connectivity index (χ2n) is 4.16. The SMILES string of the molecule is CC(N)c1ccc(Oc2cc(F)ccc2Br)c(F)c1. The van der Waals surface area contributed by atoms with Gasteiger partial charge in [0.25, 0.3) is 0 Å². The van der Waals surface area contributed by atoms with Crippen molar-refractivity contribution in [1.29, 1.82) is 0 Å². The van der Waals surface area contributed by atoms with E-state index in [1.807, 2.05) is 0 Å². The van der Waals surface area contributed by atoms with Crippen molar-refractivity contribution in [3.63, 3.8) is 0 Å². The molecule has 0 aliphatic rings. The van der Waals surface area contributed by atoms with Crippen LogP contribution in [0.1, 0.15) is 18.5 Å². The highest BCUT2D eigenvalue weighted by Gasteiger charge is 2.10. The Labute approximate surface area is 118 Å². The molecule has 0 aliphatic carbocycles. The quantitative estimate of drug-likeness (QED) is 0.898. The van der Waals surface area contributed by atoms with Gasteiger partial charge in [0.2, 0.25) is 0 Å². The molecule has 0 saturated carbocycles. The van der Waals surface area contributed by atoms with Crippen LogP contribution >= 0.6 is 15.9 Å². The van der Waals surface area contributed by atoms with Crippen LogP contribution in [0, 0.1) is 11.6 Å². The van der Waals surface area contributed by atoms with Crippen LogP contribution in [0.4, 0.5) is 8.78 Å². The molecule has 2 aromatic carbocycles. The smallest absolute Gasteiger partial charge is 0.166 e. The summed E-state index contributed by atoms with van der Waals surface area (Å²) in [7, 11) is 0. The third-order valence-electron chi connectivity index (χ3n) is 2.59. The number of benzene rings is 2. The summed E-state index contributed by atoms with van der Waals surface area (Å²) in [6.07, 6.45) is 0. The second kappa shape index (κ2) is 5.67. The summed E-state index contributed by atoms with van der Waals surface area (Å²) in [5, 5.41) is 0.